The van der Waals surface area contributed by atoms with E-state index in [1.54, 1.807) is 12.2 Å². The normalized spacial score (nSPS) is 12.5. The van der Waals surface area contributed by atoms with Gasteiger partial charge in [-0.05, 0) is 24.1 Å². The number of hydrogen-bond acceptors (Lipinski definition) is 2. The van der Waals surface area contributed by atoms with E-state index in [1.165, 1.54) is 19.1 Å². The third kappa shape index (κ3) is 5.71. The molecular weight excluding hydrogens is 309 g/mol. The minimum atomic E-state index is -5.77. The smallest absolute Gasteiger partial charge is 0.426 e. The molecular formula is C14H14F5NO2. The van der Waals surface area contributed by atoms with Gasteiger partial charge in [0, 0.05) is 13.5 Å². The molecule has 122 valence electrons. The fourth-order valence-electron chi connectivity index (χ4n) is 1.40. The summed E-state index contributed by atoms with van der Waals surface area (Å²) in [7, 11) is 0. The molecule has 0 aliphatic carbocycles. The van der Waals surface area contributed by atoms with Crippen molar-refractivity contribution in [1.29, 1.82) is 0 Å². The number of rotatable bonds is 6. The molecule has 1 amide bonds. The second-order valence-electron chi connectivity index (χ2n) is 4.36. The zero-order valence-corrected chi connectivity index (χ0v) is 11.6. The molecule has 0 saturated carbocycles. The summed E-state index contributed by atoms with van der Waals surface area (Å²) >= 11 is 0. The Morgan fingerprint density at radius 1 is 1.18 bits per heavy atom. The van der Waals surface area contributed by atoms with Crippen molar-refractivity contribution in [2.24, 2.45) is 0 Å². The third-order valence-electron chi connectivity index (χ3n) is 2.45. The zero-order valence-electron chi connectivity index (χ0n) is 11.6. The summed E-state index contributed by atoms with van der Waals surface area (Å²) in [5.74, 6) is -0.738. The van der Waals surface area contributed by atoms with Crippen molar-refractivity contribution in [2.45, 2.75) is 25.6 Å². The van der Waals surface area contributed by atoms with E-state index >= 15 is 0 Å². The summed E-state index contributed by atoms with van der Waals surface area (Å²) in [5.41, 5.74) is 0.602. The number of amides is 1. The van der Waals surface area contributed by atoms with Gasteiger partial charge in [0.2, 0.25) is 5.91 Å². The Bertz CT molecular complexity index is 523. The lowest BCUT2D eigenvalue weighted by molar-refractivity contribution is -0.360. The van der Waals surface area contributed by atoms with Crippen LogP contribution < -0.4 is 10.1 Å². The van der Waals surface area contributed by atoms with E-state index in [1.807, 2.05) is 0 Å². The molecule has 0 saturated heterocycles. The highest BCUT2D eigenvalue weighted by Gasteiger charge is 2.61. The number of ether oxygens (including phenoxy) is 1. The first kappa shape index (κ1) is 17.9. The summed E-state index contributed by atoms with van der Waals surface area (Å²) in [4.78, 5) is 10.6. The molecule has 0 radical (unpaired) electrons. The lowest BCUT2D eigenvalue weighted by atomic mass is 10.2. The van der Waals surface area contributed by atoms with Gasteiger partial charge < -0.3 is 10.1 Å². The Labute approximate surface area is 123 Å². The first-order chi connectivity index (χ1) is 10.1. The molecule has 22 heavy (non-hydrogen) atoms. The molecule has 0 aliphatic heterocycles. The van der Waals surface area contributed by atoms with Crippen LogP contribution in [0.15, 0.2) is 30.3 Å². The molecule has 8 heteroatoms. The maximum absolute atomic E-state index is 12.7. The topological polar surface area (TPSA) is 38.3 Å². The molecule has 3 nitrogen and oxygen atoms in total. The Balaban J connectivity index is 2.56. The highest BCUT2D eigenvalue weighted by atomic mass is 19.4. The Kier molecular flexibility index (Phi) is 5.90. The van der Waals surface area contributed by atoms with Crippen LogP contribution in [0.5, 0.6) is 5.75 Å². The van der Waals surface area contributed by atoms with Crippen LogP contribution in [0.3, 0.4) is 0 Å². The van der Waals surface area contributed by atoms with Gasteiger partial charge in [-0.1, -0.05) is 24.3 Å². The minimum Gasteiger partial charge on any atom is -0.426 e. The van der Waals surface area contributed by atoms with Crippen molar-refractivity contribution in [3.8, 4) is 5.75 Å². The summed E-state index contributed by atoms with van der Waals surface area (Å²) < 4.78 is 64.9. The lowest BCUT2D eigenvalue weighted by Crippen LogP contribution is -2.41. The van der Waals surface area contributed by atoms with Gasteiger partial charge in [0.1, 0.15) is 5.75 Å². The van der Waals surface area contributed by atoms with Crippen LogP contribution in [-0.4, -0.2) is 24.7 Å². The van der Waals surface area contributed by atoms with Crippen LogP contribution in [-0.2, 0) is 4.79 Å². The van der Waals surface area contributed by atoms with E-state index in [-0.39, 0.29) is 5.91 Å². The van der Waals surface area contributed by atoms with Gasteiger partial charge in [0.05, 0.1) is 0 Å². The number of alkyl halides is 5. The number of carbonyl (C=O) groups is 1. The minimum absolute atomic E-state index is 0.152. The summed E-state index contributed by atoms with van der Waals surface area (Å²) in [6.45, 7) is 1.84. The van der Waals surface area contributed by atoms with Crippen LogP contribution >= 0.6 is 0 Å². The molecule has 0 unspecified atom stereocenters. The molecule has 0 bridgehead atoms. The molecule has 0 heterocycles. The zero-order chi connectivity index (χ0) is 16.8. The van der Waals surface area contributed by atoms with Crippen LogP contribution in [0.4, 0.5) is 22.0 Å². The SMILES string of the molecule is CC(=O)NCCC=Cc1ccc(OC(F)(F)C(F)(F)F)cc1. The van der Waals surface area contributed by atoms with Crippen LogP contribution in [0.2, 0.25) is 0 Å². The highest BCUT2D eigenvalue weighted by molar-refractivity contribution is 5.72. The van der Waals surface area contributed by atoms with Crippen LogP contribution in [0.25, 0.3) is 6.08 Å². The third-order valence-corrected chi connectivity index (χ3v) is 2.45. The van der Waals surface area contributed by atoms with Gasteiger partial charge in [-0.25, -0.2) is 0 Å². The van der Waals surface area contributed by atoms with E-state index in [2.05, 4.69) is 10.1 Å². The first-order valence-corrected chi connectivity index (χ1v) is 6.26. The second kappa shape index (κ2) is 7.24. The van der Waals surface area contributed by atoms with Crippen molar-refractivity contribution in [2.75, 3.05) is 6.54 Å². The molecule has 1 aromatic carbocycles. The van der Waals surface area contributed by atoms with E-state index in [0.29, 0.717) is 18.5 Å². The fourth-order valence-corrected chi connectivity index (χ4v) is 1.40. The quantitative estimate of drug-likeness (QED) is 0.639. The molecule has 1 N–H and O–H groups in total. The molecule has 0 fully saturated rings. The van der Waals surface area contributed by atoms with Crippen molar-refractivity contribution in [3.05, 3.63) is 35.9 Å². The number of hydrogen-bond donors (Lipinski definition) is 1. The van der Waals surface area contributed by atoms with Crippen molar-refractivity contribution < 1.29 is 31.5 Å². The summed E-state index contributed by atoms with van der Waals surface area (Å²) in [6.07, 6.45) is -7.06. The standard InChI is InChI=1S/C14H14F5NO2/c1-10(21)20-9-3-2-4-11-5-7-12(8-6-11)22-14(18,19)13(15,16)17/h2,4-8H,3,9H2,1H3,(H,20,21). The van der Waals surface area contributed by atoms with Gasteiger partial charge >= 0.3 is 12.3 Å². The lowest BCUT2D eigenvalue weighted by Gasteiger charge is -2.20. The summed E-state index contributed by atoms with van der Waals surface area (Å²) in [6, 6.07) is 4.73. The monoisotopic (exact) mass is 323 g/mol. The predicted octanol–water partition coefficient (Wildman–Crippen LogP) is 3.76. The van der Waals surface area contributed by atoms with Crippen LogP contribution in [0.1, 0.15) is 18.9 Å². The maximum Gasteiger partial charge on any atom is 0.499 e. The fraction of sp³-hybridized carbons (Fsp3) is 0.357. The van der Waals surface area contributed by atoms with Gasteiger partial charge in [0.15, 0.2) is 0 Å². The molecule has 1 aromatic rings. The Hall–Kier alpha value is -2.12. The molecule has 0 spiro atoms. The Morgan fingerprint density at radius 2 is 1.77 bits per heavy atom. The van der Waals surface area contributed by atoms with Gasteiger partial charge in [-0.3, -0.25) is 4.79 Å². The Morgan fingerprint density at radius 3 is 2.27 bits per heavy atom. The first-order valence-electron chi connectivity index (χ1n) is 6.26. The largest absolute Gasteiger partial charge is 0.499 e. The van der Waals surface area contributed by atoms with Crippen LogP contribution in [0, 0.1) is 0 Å². The van der Waals surface area contributed by atoms with Gasteiger partial charge in [-0.15, -0.1) is 0 Å². The van der Waals surface area contributed by atoms with E-state index in [4.69, 9.17) is 0 Å². The van der Waals surface area contributed by atoms with Crippen molar-refractivity contribution in [1.82, 2.24) is 5.32 Å². The number of carbonyl (C=O) groups excluding carboxylic acids is 1. The van der Waals surface area contributed by atoms with E-state index < -0.39 is 18.0 Å². The average Bonchev–Trinajstić information content (AvgIpc) is 2.38. The summed E-state index contributed by atoms with van der Waals surface area (Å²) in [5, 5.41) is 2.58. The number of nitrogens with one attached hydrogen (secondary N) is 1. The number of benzene rings is 1. The molecule has 1 rings (SSSR count). The van der Waals surface area contributed by atoms with E-state index in [0.717, 1.165) is 12.1 Å². The maximum atomic E-state index is 12.7. The van der Waals surface area contributed by atoms with Gasteiger partial charge in [-0.2, -0.15) is 22.0 Å². The second-order valence-corrected chi connectivity index (χ2v) is 4.36. The number of halogens is 5. The average molecular weight is 323 g/mol. The molecule has 0 aliphatic rings. The molecule has 0 atom stereocenters. The highest BCUT2D eigenvalue weighted by Crippen LogP contribution is 2.37. The molecule has 0 aromatic heterocycles. The van der Waals surface area contributed by atoms with E-state index in [9.17, 15) is 26.7 Å². The predicted molar refractivity (Wildman–Crippen MR) is 70.4 cm³/mol. The van der Waals surface area contributed by atoms with Crippen molar-refractivity contribution >= 4 is 12.0 Å². The van der Waals surface area contributed by atoms with Crippen molar-refractivity contribution in [3.63, 3.8) is 0 Å². The van der Waals surface area contributed by atoms with Gasteiger partial charge in [0.25, 0.3) is 0 Å².